The number of rotatable bonds is 7. The molecule has 1 aromatic heterocycles. The molecule has 0 spiro atoms. The van der Waals surface area contributed by atoms with Crippen LogP contribution in [0.1, 0.15) is 40.0 Å². The fourth-order valence-corrected chi connectivity index (χ4v) is 6.03. The van der Waals surface area contributed by atoms with Crippen LogP contribution in [0.3, 0.4) is 0 Å². The summed E-state index contributed by atoms with van der Waals surface area (Å²) in [5.41, 5.74) is 5.11. The second-order valence-electron chi connectivity index (χ2n) is 9.84. The minimum Gasteiger partial charge on any atom is -0.338 e. The van der Waals surface area contributed by atoms with Crippen molar-refractivity contribution in [3.8, 4) is 0 Å². The van der Waals surface area contributed by atoms with Crippen LogP contribution in [-0.4, -0.2) is 40.0 Å². The van der Waals surface area contributed by atoms with Crippen molar-refractivity contribution in [1.82, 2.24) is 9.47 Å². The van der Waals surface area contributed by atoms with Gasteiger partial charge in [-0.25, -0.2) is 0 Å². The predicted octanol–water partition coefficient (Wildman–Crippen LogP) is 5.30. The predicted molar refractivity (Wildman–Crippen MR) is 141 cm³/mol. The third kappa shape index (κ3) is 4.52. The van der Waals surface area contributed by atoms with E-state index in [1.165, 1.54) is 17.2 Å². The molecule has 0 saturated carbocycles. The number of likely N-dealkylation sites (tertiary alicyclic amines) is 1. The molecule has 6 heteroatoms. The molecule has 1 saturated heterocycles. The van der Waals surface area contributed by atoms with Crippen LogP contribution in [0.4, 0.5) is 0 Å². The Morgan fingerprint density at radius 3 is 2.60 bits per heavy atom. The summed E-state index contributed by atoms with van der Waals surface area (Å²) >= 11 is 3.56. The quantitative estimate of drug-likeness (QED) is 0.306. The molecule has 1 aliphatic carbocycles. The highest BCUT2D eigenvalue weighted by molar-refractivity contribution is 9.10. The molecule has 1 atom stereocenters. The second-order valence-corrected chi connectivity index (χ2v) is 10.8. The SMILES string of the molecule is C=CC(=O)N1CC(CC(=O)Cn2c(C)c(C(=O)C3CCc4ccccc4C3)c3cc(Br)ccc32)C1. The number of halogens is 1. The third-order valence-electron chi connectivity index (χ3n) is 7.54. The maximum Gasteiger partial charge on any atom is 0.245 e. The van der Waals surface area contributed by atoms with Crippen LogP contribution >= 0.6 is 15.9 Å². The summed E-state index contributed by atoms with van der Waals surface area (Å²) in [4.78, 5) is 40.3. The van der Waals surface area contributed by atoms with Crippen molar-refractivity contribution in [3.63, 3.8) is 0 Å². The summed E-state index contributed by atoms with van der Waals surface area (Å²) in [5, 5.41) is 0.903. The maximum atomic E-state index is 13.9. The first kappa shape index (κ1) is 23.7. The van der Waals surface area contributed by atoms with Gasteiger partial charge in [-0.3, -0.25) is 14.4 Å². The summed E-state index contributed by atoms with van der Waals surface area (Å²) in [5.74, 6) is 0.338. The number of carbonyl (C=O) groups is 3. The minimum absolute atomic E-state index is 0.0549. The fraction of sp³-hybridized carbons (Fsp3) is 0.345. The average Bonchev–Trinajstić information content (AvgIpc) is 3.10. The summed E-state index contributed by atoms with van der Waals surface area (Å²) < 4.78 is 2.91. The monoisotopic (exact) mass is 532 g/mol. The van der Waals surface area contributed by atoms with Crippen LogP contribution in [0.25, 0.3) is 10.9 Å². The molecule has 0 radical (unpaired) electrons. The van der Waals surface area contributed by atoms with E-state index < -0.39 is 0 Å². The zero-order chi connectivity index (χ0) is 24.7. The van der Waals surface area contributed by atoms with E-state index in [-0.39, 0.29) is 35.9 Å². The summed E-state index contributed by atoms with van der Waals surface area (Å²) in [7, 11) is 0. The van der Waals surface area contributed by atoms with Gasteiger partial charge in [0.05, 0.1) is 6.54 Å². The summed E-state index contributed by atoms with van der Waals surface area (Å²) in [6, 6.07) is 14.3. The number of carbonyl (C=O) groups excluding carboxylic acids is 3. The maximum absolute atomic E-state index is 13.9. The van der Waals surface area contributed by atoms with Gasteiger partial charge in [0, 0.05) is 58.0 Å². The number of ketones is 2. The Kier molecular flexibility index (Phi) is 6.49. The van der Waals surface area contributed by atoms with Crippen molar-refractivity contribution >= 4 is 44.3 Å². The highest BCUT2D eigenvalue weighted by Gasteiger charge is 2.32. The number of amides is 1. The molecular formula is C29H29BrN2O3. The molecule has 3 aromatic rings. The first-order chi connectivity index (χ1) is 16.9. The zero-order valence-electron chi connectivity index (χ0n) is 19.9. The number of Topliss-reactive ketones (excluding diaryl/α,β-unsaturated/α-hetero) is 2. The number of nitrogens with zero attached hydrogens (tertiary/aromatic N) is 2. The van der Waals surface area contributed by atoms with Crippen LogP contribution in [-0.2, 0) is 29.0 Å². The average molecular weight is 533 g/mol. The molecule has 0 bridgehead atoms. The number of aryl methyl sites for hydroxylation is 1. The smallest absolute Gasteiger partial charge is 0.245 e. The number of hydrogen-bond acceptors (Lipinski definition) is 3. The topological polar surface area (TPSA) is 59.4 Å². The van der Waals surface area contributed by atoms with E-state index in [2.05, 4.69) is 40.7 Å². The van der Waals surface area contributed by atoms with Crippen LogP contribution in [0.2, 0.25) is 0 Å². The standard InChI is InChI=1S/C29H29BrN2O3/c1-3-27(34)31-15-19(16-31)12-24(33)17-32-18(2)28(25-14-23(30)10-11-26(25)32)29(35)22-9-8-20-6-4-5-7-21(20)13-22/h3-7,10-11,14,19,22H,1,8-9,12-13,15-17H2,2H3. The summed E-state index contributed by atoms with van der Waals surface area (Å²) in [6.07, 6.45) is 4.26. The molecule has 1 aliphatic heterocycles. The van der Waals surface area contributed by atoms with E-state index >= 15 is 0 Å². The van der Waals surface area contributed by atoms with Gasteiger partial charge in [-0.1, -0.05) is 46.8 Å². The second kappa shape index (κ2) is 9.57. The first-order valence-corrected chi connectivity index (χ1v) is 13.0. The zero-order valence-corrected chi connectivity index (χ0v) is 21.5. The van der Waals surface area contributed by atoms with Gasteiger partial charge >= 0.3 is 0 Å². The van der Waals surface area contributed by atoms with Crippen molar-refractivity contribution in [2.75, 3.05) is 13.1 Å². The normalized spacial score (nSPS) is 17.7. The van der Waals surface area contributed by atoms with E-state index in [4.69, 9.17) is 0 Å². The van der Waals surface area contributed by atoms with E-state index in [9.17, 15) is 14.4 Å². The molecular weight excluding hydrogens is 504 g/mol. The number of benzene rings is 2. The molecule has 1 amide bonds. The Morgan fingerprint density at radius 2 is 1.86 bits per heavy atom. The van der Waals surface area contributed by atoms with Gasteiger partial charge in [0.2, 0.25) is 5.91 Å². The highest BCUT2D eigenvalue weighted by atomic mass is 79.9. The lowest BCUT2D eigenvalue weighted by Gasteiger charge is -2.38. The number of aromatic nitrogens is 1. The largest absolute Gasteiger partial charge is 0.338 e. The molecule has 180 valence electrons. The third-order valence-corrected chi connectivity index (χ3v) is 8.04. The van der Waals surface area contributed by atoms with E-state index in [0.717, 1.165) is 45.9 Å². The van der Waals surface area contributed by atoms with Crippen molar-refractivity contribution in [2.24, 2.45) is 11.8 Å². The molecule has 0 N–H and O–H groups in total. The van der Waals surface area contributed by atoms with Crippen LogP contribution in [0.15, 0.2) is 59.6 Å². The van der Waals surface area contributed by atoms with Gasteiger partial charge in [0.25, 0.3) is 0 Å². The van der Waals surface area contributed by atoms with Crippen molar-refractivity contribution in [3.05, 3.63) is 82.0 Å². The van der Waals surface area contributed by atoms with Gasteiger partial charge in [0.1, 0.15) is 0 Å². The molecule has 2 aromatic carbocycles. The fourth-order valence-electron chi connectivity index (χ4n) is 5.67. The van der Waals surface area contributed by atoms with E-state index in [1.807, 2.05) is 35.8 Å². The molecule has 2 aliphatic rings. The molecule has 2 heterocycles. The van der Waals surface area contributed by atoms with Gasteiger partial charge < -0.3 is 9.47 Å². The highest BCUT2D eigenvalue weighted by Crippen LogP contribution is 2.34. The molecule has 1 unspecified atom stereocenters. The number of fused-ring (bicyclic) bond motifs is 2. The van der Waals surface area contributed by atoms with Crippen molar-refractivity contribution in [1.29, 1.82) is 0 Å². The molecule has 5 rings (SSSR count). The number of hydrogen-bond donors (Lipinski definition) is 0. The lowest BCUT2D eigenvalue weighted by Crippen LogP contribution is -2.50. The van der Waals surface area contributed by atoms with Gasteiger partial charge in [-0.2, -0.15) is 0 Å². The first-order valence-electron chi connectivity index (χ1n) is 12.2. The Morgan fingerprint density at radius 1 is 1.11 bits per heavy atom. The Balaban J connectivity index is 1.39. The minimum atomic E-state index is -0.0833. The van der Waals surface area contributed by atoms with Gasteiger partial charge in [-0.15, -0.1) is 0 Å². The van der Waals surface area contributed by atoms with E-state index in [1.54, 1.807) is 4.90 Å². The summed E-state index contributed by atoms with van der Waals surface area (Å²) in [6.45, 7) is 6.91. The lowest BCUT2D eigenvalue weighted by atomic mass is 9.79. The van der Waals surface area contributed by atoms with Gasteiger partial charge in [-0.05, 0) is 61.6 Å². The van der Waals surface area contributed by atoms with Crippen molar-refractivity contribution < 1.29 is 14.4 Å². The molecule has 35 heavy (non-hydrogen) atoms. The van der Waals surface area contributed by atoms with Crippen LogP contribution in [0.5, 0.6) is 0 Å². The van der Waals surface area contributed by atoms with Gasteiger partial charge in [0.15, 0.2) is 11.6 Å². The van der Waals surface area contributed by atoms with Crippen LogP contribution < -0.4 is 0 Å². The van der Waals surface area contributed by atoms with Crippen LogP contribution in [0, 0.1) is 18.8 Å². The lowest BCUT2D eigenvalue weighted by molar-refractivity contribution is -0.134. The Hall–Kier alpha value is -2.99. The van der Waals surface area contributed by atoms with Crippen molar-refractivity contribution in [2.45, 2.75) is 39.2 Å². The Labute approximate surface area is 213 Å². The molecule has 5 nitrogen and oxygen atoms in total. The Bertz CT molecular complexity index is 1350. The van der Waals surface area contributed by atoms with E-state index in [0.29, 0.717) is 19.5 Å². The molecule has 1 fully saturated rings.